The zero-order valence-electron chi connectivity index (χ0n) is 19.2. The van der Waals surface area contributed by atoms with Crippen molar-refractivity contribution in [2.75, 3.05) is 20.6 Å². The van der Waals surface area contributed by atoms with Crippen LogP contribution in [-0.2, 0) is 18.4 Å². The van der Waals surface area contributed by atoms with Gasteiger partial charge in [-0.15, -0.1) is 0 Å². The van der Waals surface area contributed by atoms with Crippen molar-refractivity contribution in [2.45, 2.75) is 25.0 Å². The first-order chi connectivity index (χ1) is 15.9. The number of halogens is 2. The minimum Gasteiger partial charge on any atom is -0.368 e. The van der Waals surface area contributed by atoms with Crippen LogP contribution in [0.2, 0.25) is 5.02 Å². The lowest BCUT2D eigenvalue weighted by Gasteiger charge is -2.26. The number of aromatic nitrogens is 1. The fraction of sp³-hybridized carbons (Fsp3) is 0.286. The standard InChI is InChI=1S/C28H28ClFN2O/c1-31(2)12-11-25(18-4-7-23(30)8-5-18)28-24-9-6-19(14-22(24)17-33-28)21-15-20-10-13-32(3)27(20)26(29)16-21/h4-10,13-16,25,28H,11-12,17H2,1-3H3. The van der Waals surface area contributed by atoms with Gasteiger partial charge in [-0.2, -0.15) is 0 Å². The van der Waals surface area contributed by atoms with E-state index < -0.39 is 0 Å². The summed E-state index contributed by atoms with van der Waals surface area (Å²) in [7, 11) is 6.16. The Morgan fingerprint density at radius 3 is 2.61 bits per heavy atom. The van der Waals surface area contributed by atoms with Crippen LogP contribution in [0.25, 0.3) is 22.0 Å². The molecule has 4 aromatic rings. The molecule has 0 saturated heterocycles. The van der Waals surface area contributed by atoms with Crippen LogP contribution in [0.3, 0.4) is 0 Å². The van der Waals surface area contributed by atoms with Gasteiger partial charge in [0.25, 0.3) is 0 Å². The van der Waals surface area contributed by atoms with E-state index in [4.69, 9.17) is 16.3 Å². The Labute approximate surface area is 199 Å². The van der Waals surface area contributed by atoms with Crippen LogP contribution in [0.4, 0.5) is 4.39 Å². The number of benzene rings is 3. The molecule has 1 aliphatic rings. The van der Waals surface area contributed by atoms with E-state index in [9.17, 15) is 4.39 Å². The van der Waals surface area contributed by atoms with Crippen molar-refractivity contribution in [1.29, 1.82) is 0 Å². The van der Waals surface area contributed by atoms with Crippen LogP contribution in [0.15, 0.2) is 66.9 Å². The fourth-order valence-corrected chi connectivity index (χ4v) is 5.30. The number of hydrogen-bond acceptors (Lipinski definition) is 2. The fourth-order valence-electron chi connectivity index (χ4n) is 4.94. The zero-order chi connectivity index (χ0) is 23.1. The number of aryl methyl sites for hydroxylation is 1. The summed E-state index contributed by atoms with van der Waals surface area (Å²) in [6.07, 6.45) is 2.93. The molecule has 5 heteroatoms. The third kappa shape index (κ3) is 4.31. The van der Waals surface area contributed by atoms with Crippen molar-refractivity contribution < 1.29 is 9.13 Å². The maximum Gasteiger partial charge on any atom is 0.123 e. The molecule has 0 fully saturated rings. The highest BCUT2D eigenvalue weighted by Gasteiger charge is 2.32. The number of rotatable bonds is 6. The van der Waals surface area contributed by atoms with Crippen molar-refractivity contribution >= 4 is 22.5 Å². The first-order valence-electron chi connectivity index (χ1n) is 11.3. The topological polar surface area (TPSA) is 17.4 Å². The van der Waals surface area contributed by atoms with Gasteiger partial charge in [-0.1, -0.05) is 35.9 Å². The molecule has 1 aromatic heterocycles. The summed E-state index contributed by atoms with van der Waals surface area (Å²) in [4.78, 5) is 2.18. The Balaban J connectivity index is 1.48. The molecule has 33 heavy (non-hydrogen) atoms. The molecular weight excluding hydrogens is 435 g/mol. The van der Waals surface area contributed by atoms with Gasteiger partial charge in [0.05, 0.1) is 23.3 Å². The van der Waals surface area contributed by atoms with Crippen LogP contribution >= 0.6 is 11.6 Å². The molecule has 3 aromatic carbocycles. The van der Waals surface area contributed by atoms with E-state index in [2.05, 4.69) is 49.3 Å². The summed E-state index contributed by atoms with van der Waals surface area (Å²) in [5, 5.41) is 1.89. The van der Waals surface area contributed by atoms with Gasteiger partial charge in [0.1, 0.15) is 5.82 Å². The number of hydrogen-bond donors (Lipinski definition) is 0. The van der Waals surface area contributed by atoms with Gasteiger partial charge in [0.15, 0.2) is 0 Å². The van der Waals surface area contributed by atoms with E-state index in [1.165, 1.54) is 11.1 Å². The molecule has 2 unspecified atom stereocenters. The van der Waals surface area contributed by atoms with E-state index >= 15 is 0 Å². The first kappa shape index (κ1) is 22.1. The van der Waals surface area contributed by atoms with Crippen molar-refractivity contribution in [3.05, 3.63) is 94.4 Å². The second-order valence-corrected chi connectivity index (χ2v) is 9.62. The van der Waals surface area contributed by atoms with Crippen LogP contribution in [0, 0.1) is 5.82 Å². The average Bonchev–Trinajstić information content (AvgIpc) is 3.38. The largest absolute Gasteiger partial charge is 0.368 e. The van der Waals surface area contributed by atoms with E-state index in [-0.39, 0.29) is 17.8 Å². The third-order valence-corrected chi connectivity index (χ3v) is 6.96. The molecule has 0 amide bonds. The average molecular weight is 463 g/mol. The van der Waals surface area contributed by atoms with Gasteiger partial charge in [0, 0.05) is 24.5 Å². The summed E-state index contributed by atoms with van der Waals surface area (Å²) >= 11 is 6.60. The van der Waals surface area contributed by atoms with Gasteiger partial charge in [-0.05, 0) is 91.3 Å². The molecule has 0 aliphatic carbocycles. The van der Waals surface area contributed by atoms with Gasteiger partial charge < -0.3 is 14.2 Å². The van der Waals surface area contributed by atoms with Crippen LogP contribution in [0.1, 0.15) is 35.1 Å². The maximum absolute atomic E-state index is 13.6. The summed E-state index contributed by atoms with van der Waals surface area (Å²) in [5.74, 6) is -0.0493. The lowest BCUT2D eigenvalue weighted by atomic mass is 9.85. The lowest BCUT2D eigenvalue weighted by Crippen LogP contribution is -2.19. The molecule has 3 nitrogen and oxygen atoms in total. The maximum atomic E-state index is 13.6. The van der Waals surface area contributed by atoms with Gasteiger partial charge in [-0.3, -0.25) is 0 Å². The van der Waals surface area contributed by atoms with Crippen LogP contribution < -0.4 is 0 Å². The van der Waals surface area contributed by atoms with Crippen molar-refractivity contribution in [3.8, 4) is 11.1 Å². The summed E-state index contributed by atoms with van der Waals surface area (Å²) in [6.45, 7) is 1.51. The SMILES string of the molecule is CN(C)CCC(c1ccc(F)cc1)C1OCc2cc(-c3cc(Cl)c4c(ccn4C)c3)ccc21. The summed E-state index contributed by atoms with van der Waals surface area (Å²) in [6, 6.07) is 19.8. The van der Waals surface area contributed by atoms with Crippen molar-refractivity contribution in [2.24, 2.45) is 7.05 Å². The minimum atomic E-state index is -0.212. The van der Waals surface area contributed by atoms with Crippen molar-refractivity contribution in [3.63, 3.8) is 0 Å². The quantitative estimate of drug-likeness (QED) is 0.308. The predicted octanol–water partition coefficient (Wildman–Crippen LogP) is 6.94. The molecule has 0 bridgehead atoms. The highest BCUT2D eigenvalue weighted by atomic mass is 35.5. The highest BCUT2D eigenvalue weighted by molar-refractivity contribution is 6.35. The molecule has 0 radical (unpaired) electrons. The Hall–Kier alpha value is -2.66. The Bertz CT molecular complexity index is 1300. The Kier molecular flexibility index (Phi) is 6.00. The molecule has 5 rings (SSSR count). The molecule has 0 saturated carbocycles. The van der Waals surface area contributed by atoms with Crippen molar-refractivity contribution in [1.82, 2.24) is 9.47 Å². The second kappa shape index (κ2) is 8.94. The van der Waals surface area contributed by atoms with Crippen LogP contribution in [-0.4, -0.2) is 30.1 Å². The number of nitrogens with zero attached hydrogens (tertiary/aromatic N) is 2. The molecule has 2 heterocycles. The van der Waals surface area contributed by atoms with Crippen LogP contribution in [0.5, 0.6) is 0 Å². The smallest absolute Gasteiger partial charge is 0.123 e. The van der Waals surface area contributed by atoms with Gasteiger partial charge in [-0.25, -0.2) is 4.39 Å². The Morgan fingerprint density at radius 1 is 1.06 bits per heavy atom. The second-order valence-electron chi connectivity index (χ2n) is 9.22. The van der Waals surface area contributed by atoms with E-state index in [0.29, 0.717) is 6.61 Å². The molecule has 2 atom stereocenters. The Morgan fingerprint density at radius 2 is 1.85 bits per heavy atom. The minimum absolute atomic E-state index is 0.0420. The molecule has 1 aliphatic heterocycles. The van der Waals surface area contributed by atoms with E-state index in [0.717, 1.165) is 45.6 Å². The molecular formula is C28H28ClFN2O. The molecule has 0 N–H and O–H groups in total. The predicted molar refractivity (Wildman–Crippen MR) is 133 cm³/mol. The normalized spacial score (nSPS) is 16.5. The summed E-state index contributed by atoms with van der Waals surface area (Å²) < 4.78 is 22.0. The van der Waals surface area contributed by atoms with E-state index in [1.54, 1.807) is 12.1 Å². The summed E-state index contributed by atoms with van der Waals surface area (Å²) in [5.41, 5.74) is 6.83. The monoisotopic (exact) mass is 462 g/mol. The lowest BCUT2D eigenvalue weighted by molar-refractivity contribution is 0.0420. The van der Waals surface area contributed by atoms with E-state index in [1.807, 2.05) is 36.0 Å². The van der Waals surface area contributed by atoms with Gasteiger partial charge >= 0.3 is 0 Å². The number of fused-ring (bicyclic) bond motifs is 2. The highest BCUT2D eigenvalue weighted by Crippen LogP contribution is 2.44. The number of ether oxygens (including phenoxy) is 1. The first-order valence-corrected chi connectivity index (χ1v) is 11.7. The molecule has 170 valence electrons. The third-order valence-electron chi connectivity index (χ3n) is 6.68. The molecule has 0 spiro atoms. The van der Waals surface area contributed by atoms with Gasteiger partial charge in [0.2, 0.25) is 0 Å². The zero-order valence-corrected chi connectivity index (χ0v) is 19.9.